The monoisotopic (exact) mass is 485 g/mol. The molecule has 1 aromatic carbocycles. The molecule has 1 fully saturated rings. The number of benzene rings is 1. The second-order valence-corrected chi connectivity index (χ2v) is 9.93. The Kier molecular flexibility index (Phi) is 9.62. The first-order valence-electron chi connectivity index (χ1n) is 10.7. The van der Waals surface area contributed by atoms with E-state index in [0.717, 1.165) is 5.56 Å². The topological polar surface area (TPSA) is 171 Å². The van der Waals surface area contributed by atoms with Crippen LogP contribution in [0.1, 0.15) is 38.7 Å². The van der Waals surface area contributed by atoms with E-state index in [2.05, 4.69) is 16.0 Å². The minimum absolute atomic E-state index is 0.0103. The van der Waals surface area contributed by atoms with Crippen LogP contribution in [0.4, 0.5) is 4.79 Å². The Labute approximate surface area is 193 Å². The minimum Gasteiger partial charge on any atom is -0.445 e. The molecule has 1 heterocycles. The van der Waals surface area contributed by atoms with E-state index >= 15 is 0 Å². The number of hydrogen-bond acceptors (Lipinski definition) is 7. The first kappa shape index (κ1) is 26.6. The van der Waals surface area contributed by atoms with E-state index in [1.54, 1.807) is 24.3 Å². The van der Waals surface area contributed by atoms with Gasteiger partial charge in [0.05, 0.1) is 6.04 Å². The summed E-state index contributed by atoms with van der Waals surface area (Å²) < 4.78 is 37.5. The molecule has 0 aromatic heterocycles. The average Bonchev–Trinajstić information content (AvgIpc) is 3.14. The Bertz CT molecular complexity index is 923. The van der Waals surface area contributed by atoms with E-state index < -0.39 is 45.6 Å². The van der Waals surface area contributed by atoms with Crippen molar-refractivity contribution in [3.8, 4) is 0 Å². The summed E-state index contributed by atoms with van der Waals surface area (Å²) in [6.07, 6.45) is -0.458. The molecule has 0 spiro atoms. The Hall–Kier alpha value is -2.70. The summed E-state index contributed by atoms with van der Waals surface area (Å²) in [6.45, 7) is 4.02. The largest absolute Gasteiger partial charge is 0.445 e. The summed E-state index contributed by atoms with van der Waals surface area (Å²) in [6, 6.07) is 6.38. The zero-order valence-corrected chi connectivity index (χ0v) is 19.4. The quantitative estimate of drug-likeness (QED) is 0.283. The molecule has 11 nitrogen and oxygen atoms in total. The highest BCUT2D eigenvalue weighted by Gasteiger charge is 2.37. The van der Waals surface area contributed by atoms with Crippen molar-refractivity contribution >= 4 is 28.0 Å². The first-order valence-corrected chi connectivity index (χ1v) is 12.2. The highest BCUT2D eigenvalue weighted by Crippen LogP contribution is 2.20. The van der Waals surface area contributed by atoms with Gasteiger partial charge < -0.3 is 25.8 Å². The molecule has 1 saturated heterocycles. The molecule has 3 unspecified atom stereocenters. The Balaban J connectivity index is 2.08. The van der Waals surface area contributed by atoms with Crippen LogP contribution in [-0.2, 0) is 31.1 Å². The fraction of sp³-hybridized carbons (Fsp3) is 0.571. The van der Waals surface area contributed by atoms with Crippen LogP contribution in [0, 0.1) is 11.8 Å². The van der Waals surface area contributed by atoms with Crippen LogP contribution in [0.3, 0.4) is 0 Å². The number of ether oxygens (including phenoxy) is 1. The lowest BCUT2D eigenvalue weighted by atomic mass is 9.97. The van der Waals surface area contributed by atoms with E-state index in [4.69, 9.17) is 4.74 Å². The molecule has 0 radical (unpaired) electrons. The van der Waals surface area contributed by atoms with Crippen molar-refractivity contribution in [2.24, 2.45) is 11.8 Å². The SMILES string of the molecule is CC(C)CC(NC(=O)OCc1ccccc1)C(=O)NC(C[C@@H]1CCNC1=O)C(O)S(=O)(=O)O. The third-order valence-electron chi connectivity index (χ3n) is 5.21. The van der Waals surface area contributed by atoms with Gasteiger partial charge >= 0.3 is 6.09 Å². The first-order chi connectivity index (χ1) is 15.5. The molecular weight excluding hydrogens is 454 g/mol. The maximum absolute atomic E-state index is 12.9. The predicted octanol–water partition coefficient (Wildman–Crippen LogP) is 0.545. The third-order valence-corrected chi connectivity index (χ3v) is 6.15. The number of aliphatic hydroxyl groups excluding tert-OH is 1. The Morgan fingerprint density at radius 1 is 1.21 bits per heavy atom. The molecule has 1 aliphatic heterocycles. The summed E-state index contributed by atoms with van der Waals surface area (Å²) >= 11 is 0. The molecule has 0 saturated carbocycles. The number of rotatable bonds is 11. The van der Waals surface area contributed by atoms with E-state index in [9.17, 15) is 32.5 Å². The maximum atomic E-state index is 12.9. The van der Waals surface area contributed by atoms with Crippen LogP contribution in [0.25, 0.3) is 0 Å². The van der Waals surface area contributed by atoms with Gasteiger partial charge in [0.2, 0.25) is 17.3 Å². The smallest absolute Gasteiger partial charge is 0.408 e. The number of nitrogens with one attached hydrogen (secondary N) is 3. The van der Waals surface area contributed by atoms with Gasteiger partial charge in [0, 0.05) is 12.5 Å². The van der Waals surface area contributed by atoms with Gasteiger partial charge in [-0.15, -0.1) is 0 Å². The fourth-order valence-corrected chi connectivity index (χ4v) is 4.12. The van der Waals surface area contributed by atoms with Crippen molar-refractivity contribution in [3.63, 3.8) is 0 Å². The second-order valence-electron chi connectivity index (χ2n) is 8.42. The van der Waals surface area contributed by atoms with Crippen LogP contribution in [-0.4, -0.2) is 60.0 Å². The van der Waals surface area contributed by atoms with Gasteiger partial charge in [-0.1, -0.05) is 44.2 Å². The second kappa shape index (κ2) is 12.0. The van der Waals surface area contributed by atoms with Gasteiger partial charge in [0.25, 0.3) is 10.1 Å². The lowest BCUT2D eigenvalue weighted by molar-refractivity contribution is -0.126. The standard InChI is InChI=1S/C21H31N3O8S/c1-13(2)10-16(24-21(28)32-12-14-6-4-3-5-7-14)19(26)23-17(20(27)33(29,30)31)11-15-8-9-22-18(15)25/h3-7,13,15-17,20,27H,8-12H2,1-2H3,(H,22,25)(H,23,26)(H,24,28)(H,29,30,31)/t15-,16?,17?,20?/m0/s1. The van der Waals surface area contributed by atoms with Gasteiger partial charge in [-0.05, 0) is 30.7 Å². The highest BCUT2D eigenvalue weighted by atomic mass is 32.2. The van der Waals surface area contributed by atoms with Gasteiger partial charge in [-0.3, -0.25) is 14.1 Å². The zero-order chi connectivity index (χ0) is 24.6. The summed E-state index contributed by atoms with van der Waals surface area (Å²) in [5.41, 5.74) is -1.58. The molecule has 1 aliphatic rings. The molecule has 5 N–H and O–H groups in total. The molecule has 3 amide bonds. The number of carbonyl (C=O) groups is 3. The van der Waals surface area contributed by atoms with Crippen molar-refractivity contribution in [2.45, 2.75) is 57.2 Å². The lowest BCUT2D eigenvalue weighted by Gasteiger charge is -2.27. The number of hydrogen-bond donors (Lipinski definition) is 5. The number of amides is 3. The summed E-state index contributed by atoms with van der Waals surface area (Å²) in [4.78, 5) is 37.1. The Morgan fingerprint density at radius 2 is 1.88 bits per heavy atom. The molecule has 33 heavy (non-hydrogen) atoms. The maximum Gasteiger partial charge on any atom is 0.408 e. The number of aliphatic hydroxyl groups is 1. The predicted molar refractivity (Wildman–Crippen MR) is 118 cm³/mol. The lowest BCUT2D eigenvalue weighted by Crippen LogP contribution is -2.54. The van der Waals surface area contributed by atoms with E-state index in [0.29, 0.717) is 13.0 Å². The molecular formula is C21H31N3O8S. The third kappa shape index (κ3) is 8.63. The molecule has 0 aliphatic carbocycles. The van der Waals surface area contributed by atoms with Crippen molar-refractivity contribution in [3.05, 3.63) is 35.9 Å². The van der Waals surface area contributed by atoms with Gasteiger partial charge in [-0.2, -0.15) is 8.42 Å². The summed E-state index contributed by atoms with van der Waals surface area (Å²) in [7, 11) is -4.92. The van der Waals surface area contributed by atoms with Gasteiger partial charge in [0.1, 0.15) is 12.6 Å². The normalized spacial score (nSPS) is 18.8. The number of alkyl carbamates (subject to hydrolysis) is 1. The fourth-order valence-electron chi connectivity index (χ4n) is 3.52. The van der Waals surface area contributed by atoms with Gasteiger partial charge in [0.15, 0.2) is 0 Å². The van der Waals surface area contributed by atoms with Crippen molar-refractivity contribution in [1.29, 1.82) is 0 Å². The van der Waals surface area contributed by atoms with Crippen LogP contribution in [0.2, 0.25) is 0 Å². The molecule has 184 valence electrons. The van der Waals surface area contributed by atoms with Crippen molar-refractivity contribution < 1.29 is 37.2 Å². The van der Waals surface area contributed by atoms with Crippen LogP contribution >= 0.6 is 0 Å². The molecule has 0 bridgehead atoms. The number of carbonyl (C=O) groups excluding carboxylic acids is 3. The summed E-state index contributed by atoms with van der Waals surface area (Å²) in [5, 5.41) is 17.5. The van der Waals surface area contributed by atoms with Gasteiger partial charge in [-0.25, -0.2) is 4.79 Å². The molecule has 1 aromatic rings. The molecule has 2 rings (SSSR count). The van der Waals surface area contributed by atoms with Crippen LogP contribution in [0.5, 0.6) is 0 Å². The van der Waals surface area contributed by atoms with E-state index in [1.165, 1.54) is 0 Å². The molecule has 12 heteroatoms. The minimum atomic E-state index is -4.92. The Morgan fingerprint density at radius 3 is 2.42 bits per heavy atom. The van der Waals surface area contributed by atoms with Crippen molar-refractivity contribution in [1.82, 2.24) is 16.0 Å². The average molecular weight is 486 g/mol. The van der Waals surface area contributed by atoms with Crippen molar-refractivity contribution in [2.75, 3.05) is 6.54 Å². The molecule has 4 atom stereocenters. The summed E-state index contributed by atoms with van der Waals surface area (Å²) in [5.74, 6) is -1.77. The van der Waals surface area contributed by atoms with E-state index in [1.807, 2.05) is 19.9 Å². The van der Waals surface area contributed by atoms with Crippen LogP contribution in [0.15, 0.2) is 30.3 Å². The highest BCUT2D eigenvalue weighted by molar-refractivity contribution is 7.86. The van der Waals surface area contributed by atoms with Crippen LogP contribution < -0.4 is 16.0 Å². The zero-order valence-electron chi connectivity index (χ0n) is 18.6. The van der Waals surface area contributed by atoms with E-state index in [-0.39, 0.29) is 31.3 Å².